The van der Waals surface area contributed by atoms with Gasteiger partial charge in [0.2, 0.25) is 0 Å². The summed E-state index contributed by atoms with van der Waals surface area (Å²) < 4.78 is 33.3. The van der Waals surface area contributed by atoms with Crippen molar-refractivity contribution in [1.29, 1.82) is 0 Å². The lowest BCUT2D eigenvalue weighted by molar-refractivity contribution is -0.132. The van der Waals surface area contributed by atoms with Gasteiger partial charge in [-0.15, -0.1) is 0 Å². The molecule has 3 aromatic carbocycles. The Labute approximate surface area is 214 Å². The van der Waals surface area contributed by atoms with Crippen LogP contribution in [-0.2, 0) is 9.59 Å². The van der Waals surface area contributed by atoms with Gasteiger partial charge in [0.1, 0.15) is 11.5 Å². The van der Waals surface area contributed by atoms with E-state index in [0.29, 0.717) is 16.9 Å². The van der Waals surface area contributed by atoms with E-state index in [0.717, 1.165) is 28.3 Å². The highest BCUT2D eigenvalue weighted by molar-refractivity contribution is 6.51. The second-order valence-electron chi connectivity index (χ2n) is 9.36. The smallest absolute Gasteiger partial charge is 0.300 e. The van der Waals surface area contributed by atoms with Gasteiger partial charge in [-0.1, -0.05) is 26.0 Å². The highest BCUT2D eigenvalue weighted by Crippen LogP contribution is 2.43. The fourth-order valence-corrected chi connectivity index (χ4v) is 4.49. The highest BCUT2D eigenvalue weighted by atomic mass is 19.2. The molecule has 1 fully saturated rings. The minimum absolute atomic E-state index is 0.000614. The number of hydrogen-bond acceptors (Lipinski definition) is 5. The Balaban J connectivity index is 1.95. The van der Waals surface area contributed by atoms with Gasteiger partial charge < -0.3 is 14.7 Å². The number of methoxy groups -OCH3 is 1. The van der Waals surface area contributed by atoms with Crippen LogP contribution in [0.15, 0.2) is 66.2 Å². The highest BCUT2D eigenvalue weighted by Gasteiger charge is 2.47. The summed E-state index contributed by atoms with van der Waals surface area (Å²) in [5.74, 6) is -3.79. The van der Waals surface area contributed by atoms with Crippen LogP contribution in [0, 0.1) is 11.6 Å². The van der Waals surface area contributed by atoms with Crippen LogP contribution in [0.4, 0.5) is 20.2 Å². The van der Waals surface area contributed by atoms with Crippen molar-refractivity contribution in [1.82, 2.24) is 0 Å². The predicted molar refractivity (Wildman–Crippen MR) is 139 cm³/mol. The van der Waals surface area contributed by atoms with Crippen LogP contribution >= 0.6 is 0 Å². The minimum atomic E-state index is -1.15. The molecule has 192 valence electrons. The summed E-state index contributed by atoms with van der Waals surface area (Å²) in [6.07, 6.45) is 0. The van der Waals surface area contributed by atoms with Crippen molar-refractivity contribution in [2.24, 2.45) is 0 Å². The van der Waals surface area contributed by atoms with E-state index >= 15 is 0 Å². The number of aliphatic hydroxyl groups is 1. The number of amides is 1. The van der Waals surface area contributed by atoms with E-state index in [-0.39, 0.29) is 22.9 Å². The number of halogens is 2. The Hall–Kier alpha value is -4.20. The number of aliphatic hydroxyl groups excluding tert-OH is 1. The summed E-state index contributed by atoms with van der Waals surface area (Å²) in [6, 6.07) is 14.0. The van der Waals surface area contributed by atoms with Gasteiger partial charge in [0, 0.05) is 37.1 Å². The molecule has 0 bridgehead atoms. The molecule has 1 saturated heterocycles. The largest absolute Gasteiger partial charge is 0.507 e. The maximum absolute atomic E-state index is 14.2. The lowest BCUT2D eigenvalue weighted by atomic mass is 9.93. The molecular formula is C29H28F2N2O4. The van der Waals surface area contributed by atoms with Gasteiger partial charge in [-0.25, -0.2) is 8.78 Å². The quantitative estimate of drug-likeness (QED) is 0.260. The molecule has 0 spiro atoms. The first-order valence-corrected chi connectivity index (χ1v) is 11.8. The maximum Gasteiger partial charge on any atom is 0.300 e. The zero-order chi connectivity index (χ0) is 27.0. The zero-order valence-electron chi connectivity index (χ0n) is 21.3. The molecule has 1 unspecified atom stereocenters. The summed E-state index contributed by atoms with van der Waals surface area (Å²) in [4.78, 5) is 29.6. The van der Waals surface area contributed by atoms with Gasteiger partial charge in [-0.3, -0.25) is 14.5 Å². The molecule has 0 saturated carbocycles. The Morgan fingerprint density at radius 2 is 1.65 bits per heavy atom. The van der Waals surface area contributed by atoms with Crippen molar-refractivity contribution < 1.29 is 28.2 Å². The maximum atomic E-state index is 14.2. The topological polar surface area (TPSA) is 70.1 Å². The van der Waals surface area contributed by atoms with E-state index in [2.05, 4.69) is 0 Å². The van der Waals surface area contributed by atoms with Crippen molar-refractivity contribution in [3.63, 3.8) is 0 Å². The summed E-state index contributed by atoms with van der Waals surface area (Å²) in [5, 5.41) is 11.4. The molecule has 0 aliphatic carbocycles. The molecular weight excluding hydrogens is 478 g/mol. The van der Waals surface area contributed by atoms with Gasteiger partial charge >= 0.3 is 0 Å². The number of Topliss-reactive ketones (excluding diaryl/α,β-unsaturated/α-hetero) is 1. The third kappa shape index (κ3) is 4.67. The van der Waals surface area contributed by atoms with Crippen LogP contribution in [0.1, 0.15) is 42.5 Å². The lowest BCUT2D eigenvalue weighted by Gasteiger charge is -2.26. The van der Waals surface area contributed by atoms with E-state index < -0.39 is 29.4 Å². The molecule has 1 amide bonds. The van der Waals surface area contributed by atoms with Gasteiger partial charge in [0.15, 0.2) is 11.6 Å². The first-order chi connectivity index (χ1) is 17.5. The molecule has 1 aliphatic rings. The van der Waals surface area contributed by atoms with Crippen LogP contribution < -0.4 is 14.5 Å². The molecule has 1 N–H and O–H groups in total. The molecule has 6 nitrogen and oxygen atoms in total. The average Bonchev–Trinajstić information content (AvgIpc) is 3.15. The fraction of sp³-hybridized carbons (Fsp3) is 0.241. The molecule has 1 heterocycles. The van der Waals surface area contributed by atoms with Crippen LogP contribution in [0.2, 0.25) is 0 Å². The third-order valence-corrected chi connectivity index (χ3v) is 6.48. The van der Waals surface area contributed by atoms with Gasteiger partial charge in [0.05, 0.1) is 18.7 Å². The van der Waals surface area contributed by atoms with E-state index in [4.69, 9.17) is 4.74 Å². The van der Waals surface area contributed by atoms with Gasteiger partial charge in [-0.05, 0) is 59.5 Å². The van der Waals surface area contributed by atoms with E-state index in [9.17, 15) is 23.5 Å². The first kappa shape index (κ1) is 25.9. The fourth-order valence-electron chi connectivity index (χ4n) is 4.49. The summed E-state index contributed by atoms with van der Waals surface area (Å²) in [5.41, 5.74) is 2.40. The molecule has 0 radical (unpaired) electrons. The van der Waals surface area contributed by atoms with Crippen LogP contribution in [0.3, 0.4) is 0 Å². The second-order valence-corrected chi connectivity index (χ2v) is 9.36. The first-order valence-electron chi connectivity index (χ1n) is 11.8. The predicted octanol–water partition coefficient (Wildman–Crippen LogP) is 5.79. The van der Waals surface area contributed by atoms with Gasteiger partial charge in [-0.2, -0.15) is 0 Å². The van der Waals surface area contributed by atoms with Crippen molar-refractivity contribution in [2.45, 2.75) is 25.8 Å². The number of ether oxygens (including phenoxy) is 1. The zero-order valence-corrected chi connectivity index (χ0v) is 21.3. The number of benzene rings is 3. The van der Waals surface area contributed by atoms with Crippen molar-refractivity contribution in [2.75, 3.05) is 31.0 Å². The second kappa shape index (κ2) is 10.0. The van der Waals surface area contributed by atoms with Crippen LogP contribution in [-0.4, -0.2) is 38.0 Å². The standard InChI is InChI=1S/C29H28F2N2O4/c1-16(2)21-14-18(8-13-24(21)37-5)27(34)25-26(17-6-9-19(10-7-17)32(3)4)33(29(36)28(25)35)20-11-12-22(30)23(31)15-20/h6-16,26,34H,1-5H3/b27-25-. The van der Waals surface area contributed by atoms with Crippen molar-refractivity contribution in [3.8, 4) is 5.75 Å². The average molecular weight is 507 g/mol. The van der Waals surface area contributed by atoms with Crippen molar-refractivity contribution >= 4 is 28.8 Å². The number of anilines is 2. The van der Waals surface area contributed by atoms with Crippen molar-refractivity contribution in [3.05, 3.63) is 94.6 Å². The van der Waals surface area contributed by atoms with Gasteiger partial charge in [0.25, 0.3) is 11.7 Å². The SMILES string of the molecule is COc1ccc(/C(O)=C2/C(=O)C(=O)N(c3ccc(F)c(F)c3)C2c2ccc(N(C)C)cc2)cc1C(C)C. The lowest BCUT2D eigenvalue weighted by Crippen LogP contribution is -2.29. The number of rotatable bonds is 6. The molecule has 4 rings (SSSR count). The van der Waals surface area contributed by atoms with E-state index in [1.165, 1.54) is 6.07 Å². The Kier molecular flexibility index (Phi) is 7.03. The third-order valence-electron chi connectivity index (χ3n) is 6.48. The molecule has 1 atom stereocenters. The number of carbonyl (C=O) groups is 2. The molecule has 37 heavy (non-hydrogen) atoms. The van der Waals surface area contributed by atoms with Crippen LogP contribution in [0.5, 0.6) is 5.75 Å². The van der Waals surface area contributed by atoms with E-state index in [1.807, 2.05) is 45.0 Å². The number of ketones is 1. The summed E-state index contributed by atoms with van der Waals surface area (Å²) in [7, 11) is 5.29. The number of nitrogens with zero attached hydrogens (tertiary/aromatic N) is 2. The molecule has 8 heteroatoms. The Morgan fingerprint density at radius 3 is 2.22 bits per heavy atom. The summed E-state index contributed by atoms with van der Waals surface area (Å²) in [6.45, 7) is 3.94. The van der Waals surface area contributed by atoms with E-state index in [1.54, 1.807) is 37.4 Å². The monoisotopic (exact) mass is 506 g/mol. The molecule has 0 aromatic heterocycles. The molecule has 3 aromatic rings. The summed E-state index contributed by atoms with van der Waals surface area (Å²) >= 11 is 0. The Bertz CT molecular complexity index is 1400. The number of carbonyl (C=O) groups excluding carboxylic acids is 2. The number of hydrogen-bond donors (Lipinski definition) is 1. The van der Waals surface area contributed by atoms with Crippen LogP contribution in [0.25, 0.3) is 5.76 Å². The molecule has 1 aliphatic heterocycles. The normalized spacial score (nSPS) is 17.0. The Morgan fingerprint density at radius 1 is 0.973 bits per heavy atom. The minimum Gasteiger partial charge on any atom is -0.507 e.